The van der Waals surface area contributed by atoms with Crippen molar-refractivity contribution in [3.05, 3.63) is 29.3 Å². The van der Waals surface area contributed by atoms with Gasteiger partial charge in [-0.25, -0.2) is 0 Å². The molecule has 0 radical (unpaired) electrons. The van der Waals surface area contributed by atoms with Crippen LogP contribution >= 0.6 is 0 Å². The summed E-state index contributed by atoms with van der Waals surface area (Å²) in [5.41, 5.74) is 1.72. The van der Waals surface area contributed by atoms with Gasteiger partial charge in [-0.2, -0.15) is 14.0 Å². The van der Waals surface area contributed by atoms with Crippen molar-refractivity contribution in [2.75, 3.05) is 0 Å². The van der Waals surface area contributed by atoms with Crippen molar-refractivity contribution in [1.29, 1.82) is 5.26 Å². The topological polar surface area (TPSA) is 33.0 Å². The van der Waals surface area contributed by atoms with Gasteiger partial charge in [-0.1, -0.05) is 19.1 Å². The van der Waals surface area contributed by atoms with Crippen molar-refractivity contribution in [3.63, 3.8) is 0 Å². The minimum atomic E-state index is -2.80. The van der Waals surface area contributed by atoms with Gasteiger partial charge in [0.1, 0.15) is 5.75 Å². The Balaban J connectivity index is 2.84. The summed E-state index contributed by atoms with van der Waals surface area (Å²) in [7, 11) is 0. The molecule has 0 saturated heterocycles. The smallest absolute Gasteiger partial charge is 0.387 e. The van der Waals surface area contributed by atoms with E-state index in [9.17, 15) is 8.78 Å². The summed E-state index contributed by atoms with van der Waals surface area (Å²) >= 11 is 0. The van der Waals surface area contributed by atoms with Crippen LogP contribution in [0.25, 0.3) is 0 Å². The molecule has 0 aliphatic rings. The summed E-state index contributed by atoms with van der Waals surface area (Å²) in [6.45, 7) is -0.919. The molecule has 0 aromatic heterocycles. The molecule has 0 amide bonds. The van der Waals surface area contributed by atoms with Gasteiger partial charge in [-0.3, -0.25) is 0 Å². The Morgan fingerprint density at radius 2 is 2.19 bits per heavy atom. The van der Waals surface area contributed by atoms with E-state index in [2.05, 4.69) is 4.74 Å². The van der Waals surface area contributed by atoms with E-state index in [4.69, 9.17) is 5.26 Å². The molecule has 0 aliphatic heterocycles. The van der Waals surface area contributed by atoms with Crippen LogP contribution in [0.4, 0.5) is 8.78 Å². The summed E-state index contributed by atoms with van der Waals surface area (Å²) in [6, 6.07) is 7.12. The maximum Gasteiger partial charge on any atom is 0.387 e. The van der Waals surface area contributed by atoms with Crippen molar-refractivity contribution in [1.82, 2.24) is 0 Å². The van der Waals surface area contributed by atoms with E-state index in [1.165, 1.54) is 6.07 Å². The van der Waals surface area contributed by atoms with E-state index in [1.807, 2.05) is 19.1 Å². The number of hydrogen-bond acceptors (Lipinski definition) is 2. The molecule has 0 unspecified atom stereocenters. The molecule has 0 heterocycles. The van der Waals surface area contributed by atoms with Crippen LogP contribution in [-0.2, 0) is 12.8 Å². The van der Waals surface area contributed by atoms with Crippen LogP contribution in [0.15, 0.2) is 18.2 Å². The van der Waals surface area contributed by atoms with Crippen molar-refractivity contribution in [3.8, 4) is 11.8 Å². The van der Waals surface area contributed by atoms with Gasteiger partial charge in [0, 0.05) is 6.42 Å². The molecule has 1 rings (SSSR count). The number of alkyl halides is 2. The third-order valence-electron chi connectivity index (χ3n) is 2.25. The van der Waals surface area contributed by atoms with Crippen molar-refractivity contribution in [2.24, 2.45) is 0 Å². The maximum absolute atomic E-state index is 12.1. The molecule has 0 saturated carbocycles. The third-order valence-corrected chi connectivity index (χ3v) is 2.25. The number of benzene rings is 1. The normalized spacial score (nSPS) is 10.2. The monoisotopic (exact) mass is 225 g/mol. The number of rotatable bonds is 5. The lowest BCUT2D eigenvalue weighted by molar-refractivity contribution is -0.0504. The second-order valence-electron chi connectivity index (χ2n) is 3.33. The van der Waals surface area contributed by atoms with Crippen LogP contribution in [0, 0.1) is 11.3 Å². The highest BCUT2D eigenvalue weighted by molar-refractivity contribution is 5.37. The molecule has 0 spiro atoms. The molecular formula is C12H13F2NO. The minimum absolute atomic E-state index is 0.221. The summed E-state index contributed by atoms with van der Waals surface area (Å²) in [5, 5.41) is 8.45. The number of hydrogen-bond donors (Lipinski definition) is 0. The molecule has 2 nitrogen and oxygen atoms in total. The molecule has 1 aromatic carbocycles. The zero-order chi connectivity index (χ0) is 12.0. The fraction of sp³-hybridized carbons (Fsp3) is 0.417. The Labute approximate surface area is 93.5 Å². The van der Waals surface area contributed by atoms with E-state index < -0.39 is 6.61 Å². The lowest BCUT2D eigenvalue weighted by atomic mass is 10.0. The summed E-state index contributed by atoms with van der Waals surface area (Å²) in [4.78, 5) is 0. The first-order valence-electron chi connectivity index (χ1n) is 5.11. The first kappa shape index (κ1) is 12.4. The van der Waals surface area contributed by atoms with Crippen LogP contribution in [0.1, 0.15) is 24.5 Å². The zero-order valence-corrected chi connectivity index (χ0v) is 9.04. The molecule has 0 atom stereocenters. The van der Waals surface area contributed by atoms with E-state index in [-0.39, 0.29) is 5.75 Å². The predicted octanol–water partition coefficient (Wildman–Crippen LogP) is 3.31. The number of ether oxygens (including phenoxy) is 1. The van der Waals surface area contributed by atoms with Crippen LogP contribution in [-0.4, -0.2) is 6.61 Å². The summed E-state index contributed by atoms with van der Waals surface area (Å²) in [5.74, 6) is 0.221. The Morgan fingerprint density at radius 1 is 1.44 bits per heavy atom. The third kappa shape index (κ3) is 3.50. The second kappa shape index (κ2) is 6.06. The minimum Gasteiger partial charge on any atom is -0.435 e. The van der Waals surface area contributed by atoms with Crippen molar-refractivity contribution in [2.45, 2.75) is 32.8 Å². The van der Waals surface area contributed by atoms with Crippen LogP contribution < -0.4 is 4.74 Å². The lowest BCUT2D eigenvalue weighted by Crippen LogP contribution is -2.04. The number of nitriles is 1. The van der Waals surface area contributed by atoms with Gasteiger partial charge >= 0.3 is 6.61 Å². The number of nitrogens with zero attached hydrogens (tertiary/aromatic N) is 1. The molecule has 0 bridgehead atoms. The lowest BCUT2D eigenvalue weighted by Gasteiger charge is -2.10. The van der Waals surface area contributed by atoms with Gasteiger partial charge < -0.3 is 4.74 Å². The highest BCUT2D eigenvalue weighted by Gasteiger charge is 2.09. The molecule has 16 heavy (non-hydrogen) atoms. The highest BCUT2D eigenvalue weighted by Crippen LogP contribution is 2.23. The largest absolute Gasteiger partial charge is 0.435 e. The van der Waals surface area contributed by atoms with Gasteiger partial charge in [0.25, 0.3) is 0 Å². The number of halogens is 2. The van der Waals surface area contributed by atoms with Crippen LogP contribution in [0.2, 0.25) is 0 Å². The van der Waals surface area contributed by atoms with E-state index in [0.29, 0.717) is 19.3 Å². The van der Waals surface area contributed by atoms with Crippen LogP contribution in [0.5, 0.6) is 5.75 Å². The molecule has 4 heteroatoms. The fourth-order valence-electron chi connectivity index (χ4n) is 1.48. The Morgan fingerprint density at radius 3 is 2.75 bits per heavy atom. The summed E-state index contributed by atoms with van der Waals surface area (Å²) < 4.78 is 28.5. The first-order chi connectivity index (χ1) is 7.67. The van der Waals surface area contributed by atoms with Gasteiger partial charge in [0.15, 0.2) is 0 Å². The van der Waals surface area contributed by atoms with Crippen molar-refractivity contribution >= 4 is 0 Å². The average molecular weight is 225 g/mol. The molecule has 0 fully saturated rings. The van der Waals surface area contributed by atoms with Gasteiger partial charge in [-0.05, 0) is 30.0 Å². The standard InChI is InChI=1S/C12H13F2NO/c1-2-10-8-9(4-3-7-15)5-6-11(10)16-12(13)14/h5-6,8,12H,2-4H2,1H3. The number of aryl methyl sites for hydroxylation is 2. The second-order valence-corrected chi connectivity index (χ2v) is 3.33. The Kier molecular flexibility index (Phi) is 4.71. The average Bonchev–Trinajstić information content (AvgIpc) is 2.27. The first-order valence-corrected chi connectivity index (χ1v) is 5.11. The van der Waals surface area contributed by atoms with Gasteiger partial charge in [-0.15, -0.1) is 0 Å². The molecule has 0 N–H and O–H groups in total. The predicted molar refractivity (Wildman–Crippen MR) is 56.4 cm³/mol. The summed E-state index contributed by atoms with van der Waals surface area (Å²) in [6.07, 6.45) is 1.69. The van der Waals surface area contributed by atoms with E-state index >= 15 is 0 Å². The highest BCUT2D eigenvalue weighted by atomic mass is 19.3. The Hall–Kier alpha value is -1.63. The molecular weight excluding hydrogens is 212 g/mol. The molecule has 1 aromatic rings. The van der Waals surface area contributed by atoms with E-state index in [1.54, 1.807) is 6.07 Å². The molecule has 86 valence electrons. The molecule has 0 aliphatic carbocycles. The van der Waals surface area contributed by atoms with Gasteiger partial charge in [0.05, 0.1) is 6.07 Å². The SMILES string of the molecule is CCc1cc(CCC#N)ccc1OC(F)F. The quantitative estimate of drug-likeness (QED) is 0.770. The van der Waals surface area contributed by atoms with Crippen molar-refractivity contribution < 1.29 is 13.5 Å². The Bertz CT molecular complexity index is 385. The van der Waals surface area contributed by atoms with E-state index in [0.717, 1.165) is 11.1 Å². The van der Waals surface area contributed by atoms with Crippen LogP contribution in [0.3, 0.4) is 0 Å². The zero-order valence-electron chi connectivity index (χ0n) is 9.04. The van der Waals surface area contributed by atoms with Gasteiger partial charge in [0.2, 0.25) is 0 Å². The fourth-order valence-corrected chi connectivity index (χ4v) is 1.48. The maximum atomic E-state index is 12.1.